The molecule has 1 fully saturated rings. The summed E-state index contributed by atoms with van der Waals surface area (Å²) in [6.07, 6.45) is -0.119. The van der Waals surface area contributed by atoms with Crippen LogP contribution in [0.5, 0.6) is 0 Å². The molecule has 8 heteroatoms. The topological polar surface area (TPSA) is 93.5 Å². The van der Waals surface area contributed by atoms with Crippen LogP contribution in [0.2, 0.25) is 5.02 Å². The lowest BCUT2D eigenvalue weighted by atomic mass is 10.3. The number of amides is 1. The zero-order chi connectivity index (χ0) is 13.1. The molecule has 1 aromatic rings. The molecular weight excluding hydrogens is 260 g/mol. The Balaban J connectivity index is 1.98. The van der Waals surface area contributed by atoms with Crippen molar-refractivity contribution in [2.75, 3.05) is 39.1 Å². The predicted octanol–water partition coefficient (Wildman–Crippen LogP) is 0.133. The Hall–Kier alpha value is -1.31. The predicted molar refractivity (Wildman–Crippen MR) is 65.5 cm³/mol. The van der Waals surface area contributed by atoms with E-state index in [0.717, 1.165) is 0 Å². The Kier molecular flexibility index (Phi) is 4.05. The molecule has 18 heavy (non-hydrogen) atoms. The number of likely N-dealkylation sites (N-methyl/N-ethyl adjacent to an activating group) is 1. The summed E-state index contributed by atoms with van der Waals surface area (Å²) >= 11 is 5.87. The van der Waals surface area contributed by atoms with E-state index in [4.69, 9.17) is 26.8 Å². The minimum atomic E-state index is -0.279. The van der Waals surface area contributed by atoms with Crippen LogP contribution < -0.4 is 5.73 Å². The van der Waals surface area contributed by atoms with Crippen molar-refractivity contribution in [3.8, 4) is 0 Å². The maximum Gasteiger partial charge on any atom is 0.273 e. The molecule has 2 heterocycles. The van der Waals surface area contributed by atoms with Crippen LogP contribution in [-0.2, 0) is 9.47 Å². The number of carbonyl (C=O) groups is 1. The van der Waals surface area contributed by atoms with Gasteiger partial charge in [0.05, 0.1) is 25.9 Å². The van der Waals surface area contributed by atoms with E-state index in [0.29, 0.717) is 26.4 Å². The van der Waals surface area contributed by atoms with E-state index in [1.807, 2.05) is 0 Å². The number of hydrogen-bond donors (Lipinski definition) is 2. The van der Waals surface area contributed by atoms with Crippen LogP contribution in [0.4, 0.5) is 5.82 Å². The summed E-state index contributed by atoms with van der Waals surface area (Å²) in [6.45, 7) is 2.05. The van der Waals surface area contributed by atoms with Gasteiger partial charge in [0.25, 0.3) is 5.91 Å². The summed E-state index contributed by atoms with van der Waals surface area (Å²) in [4.78, 5) is 13.6. The van der Waals surface area contributed by atoms with Gasteiger partial charge in [0.15, 0.2) is 5.82 Å². The number of anilines is 1. The van der Waals surface area contributed by atoms with E-state index in [-0.39, 0.29) is 28.5 Å². The molecule has 0 unspecified atom stereocenters. The molecule has 1 amide bonds. The van der Waals surface area contributed by atoms with Crippen LogP contribution >= 0.6 is 11.6 Å². The van der Waals surface area contributed by atoms with Gasteiger partial charge in [0.2, 0.25) is 0 Å². The molecule has 1 atom stereocenters. The molecule has 1 aliphatic heterocycles. The number of ether oxygens (including phenoxy) is 2. The fourth-order valence-electron chi connectivity index (χ4n) is 1.71. The van der Waals surface area contributed by atoms with Crippen molar-refractivity contribution >= 4 is 23.3 Å². The van der Waals surface area contributed by atoms with Gasteiger partial charge in [0.1, 0.15) is 10.7 Å². The number of H-pyrrole nitrogens is 1. The fourth-order valence-corrected chi connectivity index (χ4v) is 1.87. The van der Waals surface area contributed by atoms with Gasteiger partial charge in [0, 0.05) is 13.6 Å². The first-order chi connectivity index (χ1) is 8.59. The lowest BCUT2D eigenvalue weighted by Gasteiger charge is -2.27. The molecule has 1 aliphatic rings. The maximum atomic E-state index is 12.1. The molecule has 1 aromatic heterocycles. The van der Waals surface area contributed by atoms with Gasteiger partial charge in [-0.25, -0.2) is 0 Å². The number of halogens is 1. The quantitative estimate of drug-likeness (QED) is 0.817. The van der Waals surface area contributed by atoms with Gasteiger partial charge in [-0.05, 0) is 0 Å². The normalized spacial score (nSPS) is 19.8. The van der Waals surface area contributed by atoms with Gasteiger partial charge in [-0.2, -0.15) is 5.10 Å². The van der Waals surface area contributed by atoms with Crippen molar-refractivity contribution in [1.82, 2.24) is 15.1 Å². The maximum absolute atomic E-state index is 12.1. The number of hydrogen-bond acceptors (Lipinski definition) is 5. The Morgan fingerprint density at radius 2 is 2.44 bits per heavy atom. The number of carbonyl (C=O) groups excluding carboxylic acids is 1. The molecule has 1 saturated heterocycles. The smallest absolute Gasteiger partial charge is 0.273 e. The minimum absolute atomic E-state index is 0.116. The van der Waals surface area contributed by atoms with Crippen LogP contribution in [0.25, 0.3) is 0 Å². The van der Waals surface area contributed by atoms with Gasteiger partial charge >= 0.3 is 0 Å². The SMILES string of the molecule is CN(C[C@H]1COCCO1)C(=O)c1[nH]nc(N)c1Cl. The molecule has 2 rings (SSSR count). The molecule has 3 N–H and O–H groups in total. The first-order valence-electron chi connectivity index (χ1n) is 5.53. The molecule has 0 spiro atoms. The first kappa shape index (κ1) is 13.1. The third-order valence-electron chi connectivity index (χ3n) is 2.66. The number of nitrogen functional groups attached to an aromatic ring is 1. The number of aromatic nitrogens is 2. The van der Waals surface area contributed by atoms with Gasteiger partial charge in [-0.3, -0.25) is 9.89 Å². The lowest BCUT2D eigenvalue weighted by molar-refractivity contribution is -0.0933. The first-order valence-corrected chi connectivity index (χ1v) is 5.91. The van der Waals surface area contributed by atoms with E-state index in [2.05, 4.69) is 10.2 Å². The van der Waals surface area contributed by atoms with Gasteiger partial charge in [-0.1, -0.05) is 11.6 Å². The summed E-state index contributed by atoms with van der Waals surface area (Å²) in [5, 5.41) is 6.35. The Morgan fingerprint density at radius 3 is 3.00 bits per heavy atom. The van der Waals surface area contributed by atoms with Crippen molar-refractivity contribution in [3.05, 3.63) is 10.7 Å². The molecule has 0 saturated carbocycles. The highest BCUT2D eigenvalue weighted by molar-refractivity contribution is 6.35. The second-order valence-electron chi connectivity index (χ2n) is 4.05. The summed E-state index contributed by atoms with van der Waals surface area (Å²) < 4.78 is 10.7. The van der Waals surface area contributed by atoms with Crippen LogP contribution in [0.3, 0.4) is 0 Å². The fraction of sp³-hybridized carbons (Fsp3) is 0.600. The van der Waals surface area contributed by atoms with E-state index in [9.17, 15) is 4.79 Å². The van der Waals surface area contributed by atoms with Gasteiger partial charge in [-0.15, -0.1) is 0 Å². The zero-order valence-corrected chi connectivity index (χ0v) is 10.7. The highest BCUT2D eigenvalue weighted by Gasteiger charge is 2.23. The monoisotopic (exact) mass is 274 g/mol. The number of nitrogens with one attached hydrogen (secondary N) is 1. The summed E-state index contributed by atoms with van der Waals surface area (Å²) in [5.74, 6) is -0.163. The third-order valence-corrected chi connectivity index (χ3v) is 3.04. The number of nitrogens with zero attached hydrogens (tertiary/aromatic N) is 2. The molecule has 0 aromatic carbocycles. The van der Waals surface area contributed by atoms with E-state index < -0.39 is 0 Å². The van der Waals surface area contributed by atoms with Crippen LogP contribution in [0.1, 0.15) is 10.5 Å². The lowest BCUT2D eigenvalue weighted by Crippen LogP contribution is -2.41. The molecule has 0 aliphatic carbocycles. The number of nitrogens with two attached hydrogens (primary N) is 1. The van der Waals surface area contributed by atoms with Crippen molar-refractivity contribution < 1.29 is 14.3 Å². The summed E-state index contributed by atoms with van der Waals surface area (Å²) in [6, 6.07) is 0. The molecule has 7 nitrogen and oxygen atoms in total. The van der Waals surface area contributed by atoms with Crippen LogP contribution in [0.15, 0.2) is 0 Å². The van der Waals surface area contributed by atoms with Crippen molar-refractivity contribution in [2.24, 2.45) is 0 Å². The molecular formula is C10H15ClN4O3. The summed E-state index contributed by atoms with van der Waals surface area (Å²) in [7, 11) is 1.66. The second kappa shape index (κ2) is 5.55. The average molecular weight is 275 g/mol. The van der Waals surface area contributed by atoms with Crippen LogP contribution in [-0.4, -0.2) is 60.5 Å². The highest BCUT2D eigenvalue weighted by Crippen LogP contribution is 2.21. The zero-order valence-electron chi connectivity index (χ0n) is 9.98. The molecule has 100 valence electrons. The molecule has 0 bridgehead atoms. The molecule has 0 radical (unpaired) electrons. The van der Waals surface area contributed by atoms with Gasteiger partial charge < -0.3 is 20.1 Å². The Morgan fingerprint density at radius 1 is 1.67 bits per heavy atom. The van der Waals surface area contributed by atoms with E-state index in [1.54, 1.807) is 7.05 Å². The largest absolute Gasteiger partial charge is 0.381 e. The summed E-state index contributed by atoms with van der Waals surface area (Å²) in [5.41, 5.74) is 5.66. The van der Waals surface area contributed by atoms with Crippen molar-refractivity contribution in [3.63, 3.8) is 0 Å². The minimum Gasteiger partial charge on any atom is -0.381 e. The Labute approximate surface area is 109 Å². The third kappa shape index (κ3) is 2.74. The number of aromatic amines is 1. The number of rotatable bonds is 3. The van der Waals surface area contributed by atoms with Crippen LogP contribution in [0, 0.1) is 0 Å². The van der Waals surface area contributed by atoms with E-state index >= 15 is 0 Å². The second-order valence-corrected chi connectivity index (χ2v) is 4.43. The average Bonchev–Trinajstić information content (AvgIpc) is 2.70. The van der Waals surface area contributed by atoms with E-state index in [1.165, 1.54) is 4.90 Å². The highest BCUT2D eigenvalue weighted by atomic mass is 35.5. The Bertz CT molecular complexity index is 431. The van der Waals surface area contributed by atoms with Crippen molar-refractivity contribution in [2.45, 2.75) is 6.10 Å². The van der Waals surface area contributed by atoms with Crippen molar-refractivity contribution in [1.29, 1.82) is 0 Å². The standard InChI is InChI=1S/C10H15ClN4O3/c1-15(4-6-5-17-2-3-18-6)10(16)8-7(11)9(12)14-13-8/h6H,2-5H2,1H3,(H3,12,13,14)/t6-/m0/s1.